The second-order valence-electron chi connectivity index (χ2n) is 8.61. The predicted molar refractivity (Wildman–Crippen MR) is 129 cm³/mol. The van der Waals surface area contributed by atoms with E-state index in [0.717, 1.165) is 40.4 Å². The van der Waals surface area contributed by atoms with E-state index in [1.807, 2.05) is 11.0 Å². The molecule has 3 aliphatic rings. The number of carbonyl (C=O) groups excluding carboxylic acids is 1. The number of benzene rings is 2. The number of H-pyrrole nitrogens is 1. The Morgan fingerprint density at radius 3 is 2.73 bits per heavy atom. The van der Waals surface area contributed by atoms with Gasteiger partial charge in [-0.1, -0.05) is 24.3 Å². The molecule has 2 aromatic carbocycles. The molecule has 4 aromatic rings. The second-order valence-corrected chi connectivity index (χ2v) is 8.61. The molecule has 0 saturated carbocycles. The Hall–Kier alpha value is -4.13. The molecule has 3 aliphatic heterocycles. The van der Waals surface area contributed by atoms with Gasteiger partial charge in [0.15, 0.2) is 0 Å². The van der Waals surface area contributed by atoms with Crippen molar-refractivity contribution in [3.8, 4) is 11.1 Å². The minimum absolute atomic E-state index is 0.0663. The number of aromatic nitrogens is 3. The maximum atomic E-state index is 12.0. The highest BCUT2D eigenvalue weighted by atomic mass is 16.2. The van der Waals surface area contributed by atoms with Crippen LogP contribution in [0.1, 0.15) is 29.3 Å². The van der Waals surface area contributed by atoms with Crippen molar-refractivity contribution in [2.75, 3.05) is 17.2 Å². The summed E-state index contributed by atoms with van der Waals surface area (Å²) in [7, 11) is 0. The molecule has 3 N–H and O–H groups in total. The number of carbonyl (C=O) groups is 1. The van der Waals surface area contributed by atoms with E-state index in [1.54, 1.807) is 6.92 Å². The van der Waals surface area contributed by atoms with E-state index in [1.165, 1.54) is 16.7 Å². The summed E-state index contributed by atoms with van der Waals surface area (Å²) in [5.41, 5.74) is 8.66. The van der Waals surface area contributed by atoms with Crippen molar-refractivity contribution in [1.82, 2.24) is 19.9 Å². The number of anilines is 4. The zero-order valence-electron chi connectivity index (χ0n) is 18.4. The Balaban J connectivity index is 1.49. The summed E-state index contributed by atoms with van der Waals surface area (Å²) in [4.78, 5) is 26.8. The molecule has 0 atom stereocenters. The smallest absolute Gasteiger partial charge is 0.229 e. The third-order valence-corrected chi connectivity index (χ3v) is 6.37. The van der Waals surface area contributed by atoms with Crippen LogP contribution in [0.15, 0.2) is 60.9 Å². The molecular formula is C26H24N6O. The molecule has 1 amide bonds. The predicted octanol–water partition coefficient (Wildman–Crippen LogP) is 4.77. The Kier molecular flexibility index (Phi) is 4.61. The van der Waals surface area contributed by atoms with E-state index in [2.05, 4.69) is 70.5 Å². The van der Waals surface area contributed by atoms with E-state index >= 15 is 0 Å². The molecule has 0 aliphatic carbocycles. The first-order valence-electron chi connectivity index (χ1n) is 11.2. The average molecular weight is 437 g/mol. The molecule has 0 fully saturated rings. The standard InChI is InChI=1S/C26H24N6O/c1-16(33)32-10-9-24-23(15-32)25-28-21-4-2-3-17(12-21)11-19-13-27-14-22(19)18-5-7-20(8-6-18)29-26(30-24)31-25/h2-8,12-14,27H,9-11,15H2,1H3,(H2,28,29,30,31). The molecule has 164 valence electrons. The largest absolute Gasteiger partial charge is 0.367 e. The number of rotatable bonds is 0. The van der Waals surface area contributed by atoms with Crippen molar-refractivity contribution in [1.29, 1.82) is 0 Å². The summed E-state index contributed by atoms with van der Waals surface area (Å²) in [5, 5.41) is 6.88. The number of nitrogens with zero attached hydrogens (tertiary/aromatic N) is 3. The minimum Gasteiger partial charge on any atom is -0.367 e. The normalized spacial score (nSPS) is 14.3. The zero-order valence-corrected chi connectivity index (χ0v) is 18.4. The monoisotopic (exact) mass is 436 g/mol. The van der Waals surface area contributed by atoms with Gasteiger partial charge in [0.2, 0.25) is 11.9 Å². The van der Waals surface area contributed by atoms with Gasteiger partial charge in [-0.25, -0.2) is 4.98 Å². The van der Waals surface area contributed by atoms with Crippen LogP contribution in [-0.4, -0.2) is 32.3 Å². The van der Waals surface area contributed by atoms with Gasteiger partial charge in [-0.05, 0) is 47.4 Å². The van der Waals surface area contributed by atoms with Crippen LogP contribution in [0.3, 0.4) is 0 Å². The molecule has 0 spiro atoms. The van der Waals surface area contributed by atoms with Crippen LogP contribution >= 0.6 is 0 Å². The molecule has 7 nitrogen and oxygen atoms in total. The summed E-state index contributed by atoms with van der Waals surface area (Å²) < 4.78 is 0. The van der Waals surface area contributed by atoms with Crippen LogP contribution in [0.4, 0.5) is 23.1 Å². The maximum Gasteiger partial charge on any atom is 0.229 e. The molecule has 0 unspecified atom stereocenters. The molecular weight excluding hydrogens is 412 g/mol. The molecule has 2 aromatic heterocycles. The molecule has 33 heavy (non-hydrogen) atoms. The topological polar surface area (TPSA) is 85.9 Å². The van der Waals surface area contributed by atoms with Crippen molar-refractivity contribution in [3.05, 3.63) is 83.3 Å². The van der Waals surface area contributed by atoms with Crippen molar-refractivity contribution >= 4 is 29.0 Å². The molecule has 5 heterocycles. The van der Waals surface area contributed by atoms with Gasteiger partial charge >= 0.3 is 0 Å². The minimum atomic E-state index is 0.0663. The van der Waals surface area contributed by atoms with E-state index < -0.39 is 0 Å². The van der Waals surface area contributed by atoms with Gasteiger partial charge in [0.25, 0.3) is 0 Å². The third-order valence-electron chi connectivity index (χ3n) is 6.37. The fourth-order valence-electron chi connectivity index (χ4n) is 4.63. The van der Waals surface area contributed by atoms with E-state index in [9.17, 15) is 4.79 Å². The Morgan fingerprint density at radius 2 is 1.88 bits per heavy atom. The van der Waals surface area contributed by atoms with Gasteiger partial charge in [-0.15, -0.1) is 0 Å². The number of aromatic amines is 1. The van der Waals surface area contributed by atoms with E-state index in [0.29, 0.717) is 25.5 Å². The molecule has 7 rings (SSSR count). The molecule has 0 saturated heterocycles. The fraction of sp³-hybridized carbons (Fsp3) is 0.192. The third kappa shape index (κ3) is 3.71. The van der Waals surface area contributed by atoms with Crippen molar-refractivity contribution < 1.29 is 4.79 Å². The van der Waals surface area contributed by atoms with Gasteiger partial charge in [0, 0.05) is 54.8 Å². The Bertz CT molecular complexity index is 1360. The quantitative estimate of drug-likeness (QED) is 0.326. The van der Waals surface area contributed by atoms with Crippen molar-refractivity contribution in [3.63, 3.8) is 0 Å². The first-order chi connectivity index (χ1) is 16.1. The number of hydrogen-bond donors (Lipinski definition) is 3. The van der Waals surface area contributed by atoms with Crippen LogP contribution in [0.25, 0.3) is 11.1 Å². The number of hydrogen-bond acceptors (Lipinski definition) is 5. The summed E-state index contributed by atoms with van der Waals surface area (Å²) in [6, 6.07) is 16.8. The highest BCUT2D eigenvalue weighted by Gasteiger charge is 2.24. The maximum absolute atomic E-state index is 12.0. The van der Waals surface area contributed by atoms with Crippen LogP contribution in [-0.2, 0) is 24.2 Å². The lowest BCUT2D eigenvalue weighted by Gasteiger charge is -2.29. The Morgan fingerprint density at radius 1 is 1.00 bits per heavy atom. The van der Waals surface area contributed by atoms with Crippen LogP contribution in [0, 0.1) is 0 Å². The van der Waals surface area contributed by atoms with Crippen LogP contribution < -0.4 is 10.6 Å². The van der Waals surface area contributed by atoms with Crippen molar-refractivity contribution in [2.24, 2.45) is 0 Å². The summed E-state index contributed by atoms with van der Waals surface area (Å²) >= 11 is 0. The number of amides is 1. The summed E-state index contributed by atoms with van der Waals surface area (Å²) in [6.45, 7) is 2.79. The van der Waals surface area contributed by atoms with Gasteiger partial charge in [-0.3, -0.25) is 4.79 Å². The first-order valence-corrected chi connectivity index (χ1v) is 11.2. The van der Waals surface area contributed by atoms with Crippen LogP contribution in [0.2, 0.25) is 0 Å². The lowest BCUT2D eigenvalue weighted by atomic mass is 9.99. The fourth-order valence-corrected chi connectivity index (χ4v) is 4.63. The molecule has 0 radical (unpaired) electrons. The lowest BCUT2D eigenvalue weighted by Crippen LogP contribution is -2.35. The SMILES string of the molecule is CC(=O)N1CCc2nc3nc(c2C1)Nc1cccc(c1)Cc1c[nH]cc1-c1ccc(cc1)N3. The van der Waals surface area contributed by atoms with E-state index in [4.69, 9.17) is 9.97 Å². The van der Waals surface area contributed by atoms with Gasteiger partial charge in [0.05, 0.1) is 12.2 Å². The lowest BCUT2D eigenvalue weighted by molar-refractivity contribution is -0.129. The highest BCUT2D eigenvalue weighted by molar-refractivity contribution is 5.75. The highest BCUT2D eigenvalue weighted by Crippen LogP contribution is 2.32. The first kappa shape index (κ1) is 19.5. The molecule has 6 bridgehead atoms. The second kappa shape index (κ2) is 7.78. The zero-order chi connectivity index (χ0) is 22.4. The summed E-state index contributed by atoms with van der Waals surface area (Å²) in [5.74, 6) is 1.35. The van der Waals surface area contributed by atoms with Gasteiger partial charge < -0.3 is 20.5 Å². The summed E-state index contributed by atoms with van der Waals surface area (Å²) in [6.07, 6.45) is 5.65. The average Bonchev–Trinajstić information content (AvgIpc) is 3.27. The van der Waals surface area contributed by atoms with Gasteiger partial charge in [0.1, 0.15) is 5.82 Å². The number of nitrogens with one attached hydrogen (secondary N) is 3. The Labute approximate surface area is 191 Å². The van der Waals surface area contributed by atoms with Crippen LogP contribution in [0.5, 0.6) is 0 Å². The molecule has 7 heteroatoms. The van der Waals surface area contributed by atoms with Crippen molar-refractivity contribution in [2.45, 2.75) is 26.3 Å². The van der Waals surface area contributed by atoms with Gasteiger partial charge in [-0.2, -0.15) is 4.98 Å². The number of fused-ring (bicyclic) bond motifs is 3. The van der Waals surface area contributed by atoms with E-state index in [-0.39, 0.29) is 5.91 Å².